The minimum Gasteiger partial charge on any atom is -0.476 e. The molecule has 0 amide bonds. The van der Waals surface area contributed by atoms with Crippen molar-refractivity contribution >= 4 is 17.3 Å². The van der Waals surface area contributed by atoms with E-state index in [-0.39, 0.29) is 5.69 Å². The quantitative estimate of drug-likeness (QED) is 0.755. The second-order valence-electron chi connectivity index (χ2n) is 3.45. The predicted molar refractivity (Wildman–Crippen MR) is 51.0 cm³/mol. The number of thiazole rings is 1. The van der Waals surface area contributed by atoms with E-state index in [1.807, 2.05) is 0 Å². The number of aromatic nitrogens is 1. The van der Waals surface area contributed by atoms with E-state index in [1.54, 1.807) is 20.8 Å². The van der Waals surface area contributed by atoms with Crippen LogP contribution in [0, 0.1) is 6.92 Å². The van der Waals surface area contributed by atoms with Crippen LogP contribution in [0.1, 0.15) is 34.2 Å². The first-order valence-electron chi connectivity index (χ1n) is 3.82. The van der Waals surface area contributed by atoms with Gasteiger partial charge in [-0.3, -0.25) is 0 Å². The van der Waals surface area contributed by atoms with E-state index in [1.165, 1.54) is 11.3 Å². The highest BCUT2D eigenvalue weighted by Gasteiger charge is 2.22. The summed E-state index contributed by atoms with van der Waals surface area (Å²) in [5.41, 5.74) is 5.34. The van der Waals surface area contributed by atoms with Crippen LogP contribution in [-0.2, 0) is 5.54 Å². The zero-order chi connectivity index (χ0) is 10.2. The summed E-state index contributed by atoms with van der Waals surface area (Å²) in [6, 6.07) is 0. The normalized spacial score (nSPS) is 11.7. The molecule has 0 aliphatic carbocycles. The van der Waals surface area contributed by atoms with Crippen molar-refractivity contribution in [2.24, 2.45) is 5.73 Å². The summed E-state index contributed by atoms with van der Waals surface area (Å²) < 4.78 is 0. The van der Waals surface area contributed by atoms with Crippen LogP contribution in [0.5, 0.6) is 0 Å². The lowest BCUT2D eigenvalue weighted by Crippen LogP contribution is -2.28. The lowest BCUT2D eigenvalue weighted by molar-refractivity contribution is 0.0690. The highest BCUT2D eigenvalue weighted by atomic mass is 32.1. The van der Waals surface area contributed by atoms with Gasteiger partial charge in [-0.05, 0) is 20.8 Å². The number of rotatable bonds is 2. The maximum absolute atomic E-state index is 10.7. The zero-order valence-electron chi connectivity index (χ0n) is 7.79. The second-order valence-corrected chi connectivity index (χ2v) is 4.65. The molecule has 0 saturated heterocycles. The number of nitrogens with two attached hydrogens (primary N) is 1. The molecule has 1 rings (SSSR count). The molecule has 0 bridgehead atoms. The molecule has 72 valence electrons. The Morgan fingerprint density at radius 2 is 2.15 bits per heavy atom. The van der Waals surface area contributed by atoms with Crippen molar-refractivity contribution in [3.05, 3.63) is 15.6 Å². The van der Waals surface area contributed by atoms with E-state index in [2.05, 4.69) is 4.98 Å². The van der Waals surface area contributed by atoms with Crippen LogP contribution in [0.4, 0.5) is 0 Å². The third-order valence-corrected chi connectivity index (χ3v) is 2.86. The Morgan fingerprint density at radius 1 is 1.62 bits per heavy atom. The Hall–Kier alpha value is -0.940. The standard InChI is InChI=1S/C8H12N2O2S/c1-4-5(6(11)12)10-7(13-4)8(2,3)9/h9H2,1-3H3,(H,11,12). The zero-order valence-corrected chi connectivity index (χ0v) is 8.60. The van der Waals surface area contributed by atoms with Crippen LogP contribution in [-0.4, -0.2) is 16.1 Å². The van der Waals surface area contributed by atoms with E-state index in [4.69, 9.17) is 10.8 Å². The molecule has 0 unspecified atom stereocenters. The summed E-state index contributed by atoms with van der Waals surface area (Å²) >= 11 is 1.33. The van der Waals surface area contributed by atoms with Crippen molar-refractivity contribution in [3.63, 3.8) is 0 Å². The number of hydrogen-bond acceptors (Lipinski definition) is 4. The number of carboxylic acid groups (broad SMARTS) is 1. The Bertz CT molecular complexity index is 338. The minimum atomic E-state index is -0.996. The second kappa shape index (κ2) is 3.08. The highest BCUT2D eigenvalue weighted by Crippen LogP contribution is 2.25. The van der Waals surface area contributed by atoms with Crippen molar-refractivity contribution in [3.8, 4) is 0 Å². The molecule has 1 aromatic heterocycles. The predicted octanol–water partition coefficient (Wildman–Crippen LogP) is 1.34. The van der Waals surface area contributed by atoms with Gasteiger partial charge in [0.1, 0.15) is 5.01 Å². The molecule has 1 aromatic rings. The van der Waals surface area contributed by atoms with Crippen LogP contribution in [0.2, 0.25) is 0 Å². The van der Waals surface area contributed by atoms with E-state index in [0.29, 0.717) is 9.88 Å². The average molecular weight is 200 g/mol. The molecule has 0 atom stereocenters. The Kier molecular flexibility index (Phi) is 2.40. The van der Waals surface area contributed by atoms with E-state index in [9.17, 15) is 4.79 Å². The molecule has 0 aliphatic rings. The average Bonchev–Trinajstić information content (AvgIpc) is 2.29. The third-order valence-electron chi connectivity index (χ3n) is 1.55. The van der Waals surface area contributed by atoms with Crippen molar-refractivity contribution in [2.45, 2.75) is 26.3 Å². The van der Waals surface area contributed by atoms with Gasteiger partial charge in [0.15, 0.2) is 5.69 Å². The van der Waals surface area contributed by atoms with E-state index >= 15 is 0 Å². The molecule has 1 heterocycles. The maximum Gasteiger partial charge on any atom is 0.355 e. The maximum atomic E-state index is 10.7. The third kappa shape index (κ3) is 2.05. The molecule has 5 heteroatoms. The topological polar surface area (TPSA) is 76.2 Å². The van der Waals surface area contributed by atoms with Crippen molar-refractivity contribution < 1.29 is 9.90 Å². The van der Waals surface area contributed by atoms with Crippen LogP contribution in [0.25, 0.3) is 0 Å². The van der Waals surface area contributed by atoms with Gasteiger partial charge in [-0.15, -0.1) is 11.3 Å². The molecule has 0 saturated carbocycles. The van der Waals surface area contributed by atoms with Gasteiger partial charge in [0.25, 0.3) is 0 Å². The summed E-state index contributed by atoms with van der Waals surface area (Å²) in [7, 11) is 0. The van der Waals surface area contributed by atoms with Gasteiger partial charge in [-0.2, -0.15) is 0 Å². The number of aromatic carboxylic acids is 1. The van der Waals surface area contributed by atoms with Gasteiger partial charge in [-0.25, -0.2) is 9.78 Å². The Morgan fingerprint density at radius 3 is 2.38 bits per heavy atom. The summed E-state index contributed by atoms with van der Waals surface area (Å²) in [6.45, 7) is 5.34. The van der Waals surface area contributed by atoms with Gasteiger partial charge in [0.05, 0.1) is 5.54 Å². The molecule has 0 spiro atoms. The number of carbonyl (C=O) groups is 1. The SMILES string of the molecule is Cc1sc(C(C)(C)N)nc1C(=O)O. The van der Waals surface area contributed by atoms with E-state index < -0.39 is 11.5 Å². The fraction of sp³-hybridized carbons (Fsp3) is 0.500. The monoisotopic (exact) mass is 200 g/mol. The fourth-order valence-electron chi connectivity index (χ4n) is 0.870. The molecule has 0 fully saturated rings. The van der Waals surface area contributed by atoms with Crippen molar-refractivity contribution in [1.29, 1.82) is 0 Å². The molecule has 0 radical (unpaired) electrons. The number of carboxylic acids is 1. The van der Waals surface area contributed by atoms with Crippen LogP contribution < -0.4 is 5.73 Å². The van der Waals surface area contributed by atoms with Crippen LogP contribution >= 0.6 is 11.3 Å². The summed E-state index contributed by atoms with van der Waals surface area (Å²) in [5, 5.41) is 9.40. The smallest absolute Gasteiger partial charge is 0.355 e. The molecule has 4 nitrogen and oxygen atoms in total. The van der Waals surface area contributed by atoms with Crippen molar-refractivity contribution in [2.75, 3.05) is 0 Å². The van der Waals surface area contributed by atoms with Gasteiger partial charge < -0.3 is 10.8 Å². The van der Waals surface area contributed by atoms with Gasteiger partial charge >= 0.3 is 5.97 Å². The molecular weight excluding hydrogens is 188 g/mol. The summed E-state index contributed by atoms with van der Waals surface area (Å²) in [5.74, 6) is -0.996. The molecular formula is C8H12N2O2S. The lowest BCUT2D eigenvalue weighted by atomic mass is 10.1. The fourth-order valence-corrected chi connectivity index (χ4v) is 1.79. The number of nitrogens with zero attached hydrogens (tertiary/aromatic N) is 1. The lowest BCUT2D eigenvalue weighted by Gasteiger charge is -2.13. The van der Waals surface area contributed by atoms with Crippen molar-refractivity contribution in [1.82, 2.24) is 4.98 Å². The minimum absolute atomic E-state index is 0.110. The molecule has 3 N–H and O–H groups in total. The van der Waals surface area contributed by atoms with Crippen LogP contribution in [0.3, 0.4) is 0 Å². The van der Waals surface area contributed by atoms with Gasteiger partial charge in [0, 0.05) is 4.88 Å². The number of hydrogen-bond donors (Lipinski definition) is 2. The first kappa shape index (κ1) is 10.1. The van der Waals surface area contributed by atoms with Crippen LogP contribution in [0.15, 0.2) is 0 Å². The highest BCUT2D eigenvalue weighted by molar-refractivity contribution is 7.12. The summed E-state index contributed by atoms with van der Waals surface area (Å²) in [4.78, 5) is 15.3. The van der Waals surface area contributed by atoms with E-state index in [0.717, 1.165) is 0 Å². The summed E-state index contributed by atoms with van der Waals surface area (Å²) in [6.07, 6.45) is 0. The molecule has 0 aliphatic heterocycles. The first-order valence-corrected chi connectivity index (χ1v) is 4.64. The van der Waals surface area contributed by atoms with Gasteiger partial charge in [-0.1, -0.05) is 0 Å². The molecule has 13 heavy (non-hydrogen) atoms. The Balaban J connectivity index is 3.17. The first-order chi connectivity index (χ1) is 5.82. The molecule has 0 aromatic carbocycles. The Labute approximate surface area is 80.4 Å². The number of aryl methyl sites for hydroxylation is 1. The largest absolute Gasteiger partial charge is 0.476 e. The van der Waals surface area contributed by atoms with Gasteiger partial charge in [0.2, 0.25) is 0 Å².